The molecule has 0 saturated carbocycles. The number of hydrogen-bond donors (Lipinski definition) is 2. The van der Waals surface area contributed by atoms with E-state index in [1.165, 1.54) is 17.7 Å². The number of aryl methyl sites for hydroxylation is 2. The molecule has 1 heterocycles. The molecule has 0 atom stereocenters. The van der Waals surface area contributed by atoms with Crippen molar-refractivity contribution in [3.63, 3.8) is 0 Å². The number of carboxylic acid groups (broad SMARTS) is 1. The number of benzene rings is 3. The highest BCUT2D eigenvalue weighted by molar-refractivity contribution is 6.31. The van der Waals surface area contributed by atoms with Gasteiger partial charge < -0.3 is 15.0 Å². The number of fused-ring (bicyclic) bond motifs is 1. The first-order chi connectivity index (χ1) is 15.3. The van der Waals surface area contributed by atoms with Gasteiger partial charge in [-0.2, -0.15) is 0 Å². The predicted molar refractivity (Wildman–Crippen MR) is 126 cm³/mol. The Morgan fingerprint density at radius 1 is 1.03 bits per heavy atom. The maximum absolute atomic E-state index is 13.5. The summed E-state index contributed by atoms with van der Waals surface area (Å²) < 4.78 is 15.3. The highest BCUT2D eigenvalue weighted by atomic mass is 35.5. The molecule has 0 aliphatic heterocycles. The molecular formula is C26H24ClFN2O2. The first kappa shape index (κ1) is 22.1. The number of carboxylic acids is 1. The lowest BCUT2D eigenvalue weighted by Gasteiger charge is -2.11. The van der Waals surface area contributed by atoms with Crippen LogP contribution in [0.15, 0.2) is 60.7 Å². The summed E-state index contributed by atoms with van der Waals surface area (Å²) in [6.45, 7) is 5.28. The third kappa shape index (κ3) is 4.54. The van der Waals surface area contributed by atoms with E-state index in [4.69, 9.17) is 11.6 Å². The predicted octanol–water partition coefficient (Wildman–Crippen LogP) is 6.09. The fraction of sp³-hybridized carbons (Fsp3) is 0.192. The molecular weight excluding hydrogens is 427 g/mol. The van der Waals surface area contributed by atoms with Gasteiger partial charge in [0.25, 0.3) is 0 Å². The lowest BCUT2D eigenvalue weighted by Crippen LogP contribution is -2.17. The van der Waals surface area contributed by atoms with Crippen LogP contribution in [-0.2, 0) is 19.6 Å². The summed E-state index contributed by atoms with van der Waals surface area (Å²) in [5.41, 5.74) is 5.75. The minimum absolute atomic E-state index is 0.211. The molecule has 3 aromatic carbocycles. The second-order valence-electron chi connectivity index (χ2n) is 8.07. The number of aromatic carboxylic acids is 1. The monoisotopic (exact) mass is 450 g/mol. The van der Waals surface area contributed by atoms with Crippen LogP contribution < -0.4 is 5.32 Å². The van der Waals surface area contributed by atoms with Crippen LogP contribution in [0.5, 0.6) is 0 Å². The number of nitrogens with one attached hydrogen (secondary N) is 1. The first-order valence-electron chi connectivity index (χ1n) is 10.4. The molecule has 4 rings (SSSR count). The summed E-state index contributed by atoms with van der Waals surface area (Å²) in [4.78, 5) is 12.4. The molecule has 4 aromatic rings. The normalized spacial score (nSPS) is 11.2. The van der Waals surface area contributed by atoms with Gasteiger partial charge in [-0.05, 0) is 48.7 Å². The van der Waals surface area contributed by atoms with Crippen molar-refractivity contribution < 1.29 is 14.3 Å². The summed E-state index contributed by atoms with van der Waals surface area (Å²) in [7, 11) is 0. The summed E-state index contributed by atoms with van der Waals surface area (Å²) in [5.74, 6) is -1.43. The topological polar surface area (TPSA) is 54.3 Å². The fourth-order valence-electron chi connectivity index (χ4n) is 4.09. The van der Waals surface area contributed by atoms with Crippen molar-refractivity contribution in [2.45, 2.75) is 33.5 Å². The number of rotatable bonds is 7. The van der Waals surface area contributed by atoms with E-state index in [2.05, 4.69) is 11.4 Å². The van der Waals surface area contributed by atoms with Crippen molar-refractivity contribution in [1.82, 2.24) is 9.88 Å². The third-order valence-electron chi connectivity index (χ3n) is 5.58. The molecule has 0 amide bonds. The molecule has 0 fully saturated rings. The summed E-state index contributed by atoms with van der Waals surface area (Å²) in [6.07, 6.45) is 0. The average molecular weight is 451 g/mol. The van der Waals surface area contributed by atoms with E-state index < -0.39 is 11.8 Å². The number of hydrogen-bond acceptors (Lipinski definition) is 2. The van der Waals surface area contributed by atoms with Gasteiger partial charge in [-0.3, -0.25) is 0 Å². The Labute approximate surface area is 191 Å². The Kier molecular flexibility index (Phi) is 6.31. The van der Waals surface area contributed by atoms with Crippen molar-refractivity contribution >= 4 is 28.5 Å². The van der Waals surface area contributed by atoms with E-state index in [0.29, 0.717) is 18.7 Å². The van der Waals surface area contributed by atoms with E-state index in [9.17, 15) is 14.3 Å². The Bertz CT molecular complexity index is 1310. The lowest BCUT2D eigenvalue weighted by atomic mass is 10.1. The van der Waals surface area contributed by atoms with E-state index in [0.717, 1.165) is 27.6 Å². The zero-order valence-electron chi connectivity index (χ0n) is 18.0. The van der Waals surface area contributed by atoms with Crippen LogP contribution in [0.3, 0.4) is 0 Å². The quantitative estimate of drug-likeness (QED) is 0.358. The van der Waals surface area contributed by atoms with Gasteiger partial charge in [0, 0.05) is 41.1 Å². The molecule has 4 nitrogen and oxygen atoms in total. The van der Waals surface area contributed by atoms with Gasteiger partial charge in [0.1, 0.15) is 11.5 Å². The molecule has 0 spiro atoms. The molecule has 32 heavy (non-hydrogen) atoms. The smallest absolute Gasteiger partial charge is 0.352 e. The van der Waals surface area contributed by atoms with Crippen LogP contribution in [-0.4, -0.2) is 15.6 Å². The molecule has 0 unspecified atom stereocenters. The summed E-state index contributed by atoms with van der Waals surface area (Å²) in [5, 5.41) is 14.7. The Balaban J connectivity index is 1.74. The molecule has 1 aromatic heterocycles. The van der Waals surface area contributed by atoms with Crippen LogP contribution in [0.4, 0.5) is 4.39 Å². The minimum Gasteiger partial charge on any atom is -0.477 e. The first-order valence-corrected chi connectivity index (χ1v) is 10.8. The minimum atomic E-state index is -1.01. The maximum atomic E-state index is 13.5. The SMILES string of the molecule is Cc1cccc(CNCc2c(C(=O)O)n(Cc3ccc(F)cc3Cl)c3cc(C)ccc23)c1. The molecule has 0 bridgehead atoms. The fourth-order valence-corrected chi connectivity index (χ4v) is 4.32. The van der Waals surface area contributed by atoms with Crippen molar-refractivity contribution in [3.8, 4) is 0 Å². The molecule has 2 N–H and O–H groups in total. The standard InChI is InChI=1S/C26H24ClFN2O2/c1-16-4-3-5-18(10-16)13-29-14-22-21-9-6-17(2)11-24(21)30(25(22)26(31)32)15-19-7-8-20(28)12-23(19)27/h3-12,29H,13-15H2,1-2H3,(H,31,32). The molecule has 0 radical (unpaired) electrons. The van der Waals surface area contributed by atoms with Gasteiger partial charge in [0.05, 0.1) is 0 Å². The Morgan fingerprint density at radius 3 is 2.53 bits per heavy atom. The van der Waals surface area contributed by atoms with Gasteiger partial charge in [0.2, 0.25) is 0 Å². The van der Waals surface area contributed by atoms with Crippen LogP contribution in [0.2, 0.25) is 5.02 Å². The van der Waals surface area contributed by atoms with E-state index in [1.807, 2.05) is 50.2 Å². The molecule has 164 valence electrons. The van der Waals surface area contributed by atoms with Crippen molar-refractivity contribution in [2.75, 3.05) is 0 Å². The van der Waals surface area contributed by atoms with Gasteiger partial charge in [-0.1, -0.05) is 59.6 Å². The summed E-state index contributed by atoms with van der Waals surface area (Å²) >= 11 is 6.25. The molecule has 0 saturated heterocycles. The number of nitrogens with zero attached hydrogens (tertiary/aromatic N) is 1. The largest absolute Gasteiger partial charge is 0.477 e. The van der Waals surface area contributed by atoms with Gasteiger partial charge in [-0.25, -0.2) is 9.18 Å². The molecule has 0 aliphatic rings. The highest BCUT2D eigenvalue weighted by Crippen LogP contribution is 2.30. The zero-order valence-corrected chi connectivity index (χ0v) is 18.7. The summed E-state index contributed by atoms with van der Waals surface area (Å²) in [6, 6.07) is 18.3. The maximum Gasteiger partial charge on any atom is 0.352 e. The van der Waals surface area contributed by atoms with Crippen LogP contribution in [0.1, 0.15) is 38.3 Å². The van der Waals surface area contributed by atoms with Crippen LogP contribution >= 0.6 is 11.6 Å². The average Bonchev–Trinajstić information content (AvgIpc) is 3.03. The Morgan fingerprint density at radius 2 is 1.81 bits per heavy atom. The molecule has 6 heteroatoms. The van der Waals surface area contributed by atoms with Crippen molar-refractivity contribution in [1.29, 1.82) is 0 Å². The Hall–Kier alpha value is -3.15. The van der Waals surface area contributed by atoms with E-state index in [1.54, 1.807) is 10.6 Å². The van der Waals surface area contributed by atoms with E-state index in [-0.39, 0.29) is 17.3 Å². The van der Waals surface area contributed by atoms with Gasteiger partial charge in [0.15, 0.2) is 0 Å². The molecule has 0 aliphatic carbocycles. The van der Waals surface area contributed by atoms with Crippen LogP contribution in [0, 0.1) is 19.7 Å². The highest BCUT2D eigenvalue weighted by Gasteiger charge is 2.23. The number of halogens is 2. The zero-order chi connectivity index (χ0) is 22.8. The van der Waals surface area contributed by atoms with Gasteiger partial charge in [-0.15, -0.1) is 0 Å². The lowest BCUT2D eigenvalue weighted by molar-refractivity contribution is 0.0684. The third-order valence-corrected chi connectivity index (χ3v) is 5.94. The van der Waals surface area contributed by atoms with Crippen molar-refractivity contribution in [2.24, 2.45) is 0 Å². The number of carbonyl (C=O) groups is 1. The van der Waals surface area contributed by atoms with Gasteiger partial charge >= 0.3 is 5.97 Å². The second-order valence-corrected chi connectivity index (χ2v) is 8.47. The number of aromatic nitrogens is 1. The van der Waals surface area contributed by atoms with Crippen molar-refractivity contribution in [3.05, 3.63) is 105 Å². The van der Waals surface area contributed by atoms with E-state index >= 15 is 0 Å². The second kappa shape index (κ2) is 9.15. The van der Waals surface area contributed by atoms with Crippen LogP contribution in [0.25, 0.3) is 10.9 Å².